The lowest BCUT2D eigenvalue weighted by Crippen LogP contribution is -2.16. The van der Waals surface area contributed by atoms with Crippen LogP contribution in [0.25, 0.3) is 0 Å². The van der Waals surface area contributed by atoms with E-state index in [2.05, 4.69) is 4.74 Å². The lowest BCUT2D eigenvalue weighted by atomic mass is 9.96. The first kappa shape index (κ1) is 11.3. The van der Waals surface area contributed by atoms with Gasteiger partial charge in [-0.25, -0.2) is 4.39 Å². The summed E-state index contributed by atoms with van der Waals surface area (Å²) in [5, 5.41) is 8.83. The maximum atomic E-state index is 12.6. The molecular weight excluding hydrogens is 197 g/mol. The number of rotatable bonds is 4. The van der Waals surface area contributed by atoms with E-state index in [1.807, 2.05) is 6.07 Å². The number of benzene rings is 1. The fraction of sp³-hybridized carbons (Fsp3) is 0.273. The van der Waals surface area contributed by atoms with Crippen molar-refractivity contribution in [2.75, 3.05) is 13.7 Å². The van der Waals surface area contributed by atoms with Crippen molar-refractivity contribution in [1.29, 1.82) is 5.26 Å². The van der Waals surface area contributed by atoms with E-state index in [9.17, 15) is 9.18 Å². The van der Waals surface area contributed by atoms with Gasteiger partial charge in [0.15, 0.2) is 5.78 Å². The van der Waals surface area contributed by atoms with Crippen LogP contribution in [-0.2, 0) is 9.53 Å². The maximum Gasteiger partial charge on any atom is 0.179 e. The molecule has 4 heteroatoms. The summed E-state index contributed by atoms with van der Waals surface area (Å²) in [5.41, 5.74) is 0.487. The molecule has 0 fully saturated rings. The Bertz CT molecular complexity index is 381. The van der Waals surface area contributed by atoms with E-state index < -0.39 is 11.7 Å². The molecule has 1 aromatic rings. The molecule has 0 saturated carbocycles. The summed E-state index contributed by atoms with van der Waals surface area (Å²) < 4.78 is 17.3. The van der Waals surface area contributed by atoms with Gasteiger partial charge in [0.25, 0.3) is 0 Å². The summed E-state index contributed by atoms with van der Waals surface area (Å²) in [7, 11) is 1.39. The Balaban J connectivity index is 2.89. The summed E-state index contributed by atoms with van der Waals surface area (Å²) in [6, 6.07) is 7.17. The van der Waals surface area contributed by atoms with E-state index in [-0.39, 0.29) is 12.4 Å². The third-order valence-electron chi connectivity index (χ3n) is 1.94. The average Bonchev–Trinajstić information content (AvgIpc) is 2.22. The zero-order valence-electron chi connectivity index (χ0n) is 8.24. The summed E-state index contributed by atoms with van der Waals surface area (Å²) in [5.74, 6) is -1.60. The van der Waals surface area contributed by atoms with Gasteiger partial charge in [0.1, 0.15) is 18.3 Å². The summed E-state index contributed by atoms with van der Waals surface area (Å²) in [6.07, 6.45) is 0. The fourth-order valence-corrected chi connectivity index (χ4v) is 1.21. The first-order valence-electron chi connectivity index (χ1n) is 4.35. The standard InChI is InChI=1S/C11H10FNO2/c1-15-7-11(14)10(6-13)8-2-4-9(12)5-3-8/h2-5,10H,7H2,1H3. The third kappa shape index (κ3) is 2.86. The number of nitrogens with zero attached hydrogens (tertiary/aromatic N) is 1. The second-order valence-corrected chi connectivity index (χ2v) is 3.01. The van der Waals surface area contributed by atoms with Crippen molar-refractivity contribution in [2.45, 2.75) is 5.92 Å². The summed E-state index contributed by atoms with van der Waals surface area (Å²) >= 11 is 0. The smallest absolute Gasteiger partial charge is 0.179 e. The predicted octanol–water partition coefficient (Wildman–Crippen LogP) is 1.65. The van der Waals surface area contributed by atoms with Crippen molar-refractivity contribution in [3.8, 4) is 6.07 Å². The second kappa shape index (κ2) is 5.23. The van der Waals surface area contributed by atoms with E-state index in [4.69, 9.17) is 5.26 Å². The second-order valence-electron chi connectivity index (χ2n) is 3.01. The van der Waals surface area contributed by atoms with Crippen molar-refractivity contribution >= 4 is 5.78 Å². The van der Waals surface area contributed by atoms with Crippen LogP contribution in [0, 0.1) is 17.1 Å². The topological polar surface area (TPSA) is 50.1 Å². The van der Waals surface area contributed by atoms with Gasteiger partial charge in [0.05, 0.1) is 6.07 Å². The van der Waals surface area contributed by atoms with E-state index in [1.165, 1.54) is 31.4 Å². The van der Waals surface area contributed by atoms with Crippen LogP contribution in [0.4, 0.5) is 4.39 Å². The van der Waals surface area contributed by atoms with Crippen LogP contribution in [0.15, 0.2) is 24.3 Å². The van der Waals surface area contributed by atoms with Crippen LogP contribution < -0.4 is 0 Å². The van der Waals surface area contributed by atoms with E-state index in [1.54, 1.807) is 0 Å². The Morgan fingerprint density at radius 1 is 1.53 bits per heavy atom. The molecule has 0 amide bonds. The SMILES string of the molecule is COCC(=O)C(C#N)c1ccc(F)cc1. The van der Waals surface area contributed by atoms with Gasteiger partial charge in [-0.15, -0.1) is 0 Å². The first-order valence-corrected chi connectivity index (χ1v) is 4.35. The van der Waals surface area contributed by atoms with Crippen molar-refractivity contribution in [1.82, 2.24) is 0 Å². The number of nitriles is 1. The highest BCUT2D eigenvalue weighted by atomic mass is 19.1. The monoisotopic (exact) mass is 207 g/mol. The molecule has 1 unspecified atom stereocenters. The summed E-state index contributed by atoms with van der Waals surface area (Å²) in [6.45, 7) is -0.115. The number of halogens is 1. The Morgan fingerprint density at radius 2 is 2.13 bits per heavy atom. The molecule has 0 saturated heterocycles. The quantitative estimate of drug-likeness (QED) is 0.754. The Labute approximate surface area is 87.1 Å². The van der Waals surface area contributed by atoms with Gasteiger partial charge in [-0.3, -0.25) is 4.79 Å². The Morgan fingerprint density at radius 3 is 2.60 bits per heavy atom. The third-order valence-corrected chi connectivity index (χ3v) is 1.94. The first-order chi connectivity index (χ1) is 7.19. The lowest BCUT2D eigenvalue weighted by molar-refractivity contribution is -0.122. The van der Waals surface area contributed by atoms with Gasteiger partial charge < -0.3 is 4.74 Å². The highest BCUT2D eigenvalue weighted by molar-refractivity contribution is 5.89. The minimum atomic E-state index is -0.884. The normalized spacial score (nSPS) is 11.8. The number of carbonyl (C=O) groups excluding carboxylic acids is 1. The molecule has 0 heterocycles. The largest absolute Gasteiger partial charge is 0.377 e. The number of hydrogen-bond donors (Lipinski definition) is 0. The summed E-state index contributed by atoms with van der Waals surface area (Å²) in [4.78, 5) is 11.4. The van der Waals surface area contributed by atoms with Gasteiger partial charge in [-0.2, -0.15) is 5.26 Å². The molecule has 0 aliphatic heterocycles. The maximum absolute atomic E-state index is 12.6. The van der Waals surface area contributed by atoms with Gasteiger partial charge in [0.2, 0.25) is 0 Å². The number of ketones is 1. The molecule has 0 aliphatic rings. The molecular formula is C11H10FNO2. The molecule has 15 heavy (non-hydrogen) atoms. The van der Waals surface area contributed by atoms with Crippen molar-refractivity contribution in [3.05, 3.63) is 35.6 Å². The average molecular weight is 207 g/mol. The number of hydrogen-bond acceptors (Lipinski definition) is 3. The van der Waals surface area contributed by atoms with Gasteiger partial charge in [-0.05, 0) is 17.7 Å². The molecule has 3 nitrogen and oxygen atoms in total. The van der Waals surface area contributed by atoms with E-state index in [0.717, 1.165) is 0 Å². The molecule has 0 radical (unpaired) electrons. The minimum Gasteiger partial charge on any atom is -0.377 e. The number of Topliss-reactive ketones (excluding diaryl/α,β-unsaturated/α-hetero) is 1. The van der Waals surface area contributed by atoms with Gasteiger partial charge in [0, 0.05) is 7.11 Å². The molecule has 1 atom stereocenters. The minimum absolute atomic E-state index is 0.115. The van der Waals surface area contributed by atoms with Crippen LogP contribution in [0.1, 0.15) is 11.5 Å². The van der Waals surface area contributed by atoms with Crippen molar-refractivity contribution in [3.63, 3.8) is 0 Å². The molecule has 0 bridgehead atoms. The van der Waals surface area contributed by atoms with Crippen molar-refractivity contribution in [2.24, 2.45) is 0 Å². The highest BCUT2D eigenvalue weighted by Gasteiger charge is 2.19. The molecule has 1 rings (SSSR count). The number of ether oxygens (including phenoxy) is 1. The molecule has 0 spiro atoms. The van der Waals surface area contributed by atoms with Gasteiger partial charge >= 0.3 is 0 Å². The number of carbonyl (C=O) groups is 1. The molecule has 78 valence electrons. The van der Waals surface area contributed by atoms with Gasteiger partial charge in [-0.1, -0.05) is 12.1 Å². The molecule has 0 N–H and O–H groups in total. The molecule has 0 aliphatic carbocycles. The van der Waals surface area contributed by atoms with E-state index in [0.29, 0.717) is 5.56 Å². The highest BCUT2D eigenvalue weighted by Crippen LogP contribution is 2.16. The van der Waals surface area contributed by atoms with Crippen LogP contribution in [0.5, 0.6) is 0 Å². The van der Waals surface area contributed by atoms with Crippen LogP contribution >= 0.6 is 0 Å². The zero-order chi connectivity index (χ0) is 11.3. The Kier molecular flexibility index (Phi) is 3.95. The number of methoxy groups -OCH3 is 1. The zero-order valence-corrected chi connectivity index (χ0v) is 8.24. The Hall–Kier alpha value is -1.73. The molecule has 1 aromatic carbocycles. The predicted molar refractivity (Wildman–Crippen MR) is 51.6 cm³/mol. The van der Waals surface area contributed by atoms with Crippen LogP contribution in [0.3, 0.4) is 0 Å². The molecule has 0 aromatic heterocycles. The van der Waals surface area contributed by atoms with Crippen LogP contribution in [0.2, 0.25) is 0 Å². The van der Waals surface area contributed by atoms with Crippen molar-refractivity contribution < 1.29 is 13.9 Å². The van der Waals surface area contributed by atoms with Crippen LogP contribution in [-0.4, -0.2) is 19.5 Å². The fourth-order valence-electron chi connectivity index (χ4n) is 1.21. The van der Waals surface area contributed by atoms with E-state index >= 15 is 0 Å². The lowest BCUT2D eigenvalue weighted by Gasteiger charge is -2.07.